The molecule has 5 heteroatoms. The van der Waals surface area contributed by atoms with E-state index in [1.807, 2.05) is 13.0 Å². The molecule has 1 saturated heterocycles. The predicted octanol–water partition coefficient (Wildman–Crippen LogP) is 2.72. The van der Waals surface area contributed by atoms with Crippen molar-refractivity contribution < 1.29 is 19.1 Å². The fraction of sp³-hybridized carbons (Fsp3) is 0.529. The minimum atomic E-state index is -0.829. The molecule has 0 aromatic heterocycles. The largest absolute Gasteiger partial charge is 0.481 e. The van der Waals surface area contributed by atoms with Crippen LogP contribution in [0.25, 0.3) is 0 Å². The number of carbonyl (C=O) groups excluding carboxylic acids is 1. The van der Waals surface area contributed by atoms with Crippen molar-refractivity contribution in [1.82, 2.24) is 4.90 Å². The molecule has 22 heavy (non-hydrogen) atoms. The molecule has 0 bridgehead atoms. The van der Waals surface area contributed by atoms with Gasteiger partial charge in [-0.15, -0.1) is 0 Å². The first-order valence-corrected chi connectivity index (χ1v) is 7.73. The zero-order chi connectivity index (χ0) is 16.1. The summed E-state index contributed by atoms with van der Waals surface area (Å²) in [5.74, 6) is -1.73. The van der Waals surface area contributed by atoms with Gasteiger partial charge in [0.15, 0.2) is 0 Å². The van der Waals surface area contributed by atoms with Crippen molar-refractivity contribution in [3.63, 3.8) is 0 Å². The quantitative estimate of drug-likeness (QED) is 0.910. The summed E-state index contributed by atoms with van der Waals surface area (Å²) in [7, 11) is 0. The Kier molecular flexibility index (Phi) is 5.52. The molecule has 120 valence electrons. The van der Waals surface area contributed by atoms with Crippen LogP contribution in [0.1, 0.15) is 31.7 Å². The van der Waals surface area contributed by atoms with E-state index in [1.54, 1.807) is 11.0 Å². The Morgan fingerprint density at radius 1 is 1.45 bits per heavy atom. The molecule has 0 unspecified atom stereocenters. The number of hydrogen-bond donors (Lipinski definition) is 1. The smallest absolute Gasteiger partial charge is 0.308 e. The van der Waals surface area contributed by atoms with Crippen LogP contribution in [0.4, 0.5) is 4.39 Å². The summed E-state index contributed by atoms with van der Waals surface area (Å²) in [6.07, 6.45) is 2.65. The number of carboxylic acid groups (broad SMARTS) is 1. The summed E-state index contributed by atoms with van der Waals surface area (Å²) in [4.78, 5) is 25.1. The Bertz CT molecular complexity index is 546. The predicted molar refractivity (Wildman–Crippen MR) is 80.8 cm³/mol. The number of likely N-dealkylation sites (tertiary alicyclic amines) is 1. The van der Waals surface area contributed by atoms with Crippen LogP contribution < -0.4 is 0 Å². The standard InChI is InChI=1S/C17H22FNO3/c1-12(7-8-13-4-2-6-15(18)10-13)16(20)19-9-3-5-14(11-19)17(21)22/h2,4,6,10,12,14H,3,5,7-9,11H2,1H3,(H,21,22)/t12-,14+/m0/s1. The van der Waals surface area contributed by atoms with Gasteiger partial charge in [-0.1, -0.05) is 19.1 Å². The lowest BCUT2D eigenvalue weighted by Crippen LogP contribution is -2.44. The molecule has 1 fully saturated rings. The number of rotatable bonds is 5. The minimum absolute atomic E-state index is 0.00218. The molecule has 1 aromatic carbocycles. The molecule has 1 aromatic rings. The Balaban J connectivity index is 1.87. The van der Waals surface area contributed by atoms with Gasteiger partial charge in [0.1, 0.15) is 5.82 Å². The number of amides is 1. The van der Waals surface area contributed by atoms with Crippen molar-refractivity contribution in [2.24, 2.45) is 11.8 Å². The molecule has 1 aliphatic heterocycles. The van der Waals surface area contributed by atoms with Crippen LogP contribution in [0.3, 0.4) is 0 Å². The highest BCUT2D eigenvalue weighted by Crippen LogP contribution is 2.20. The maximum atomic E-state index is 13.1. The van der Waals surface area contributed by atoms with E-state index in [0.717, 1.165) is 12.0 Å². The summed E-state index contributed by atoms with van der Waals surface area (Å²) in [6.45, 7) is 2.79. The number of aryl methyl sites for hydroxylation is 1. The molecular formula is C17H22FNO3. The average molecular weight is 307 g/mol. The van der Waals surface area contributed by atoms with Crippen LogP contribution in [0.5, 0.6) is 0 Å². The number of hydrogen-bond acceptors (Lipinski definition) is 2. The van der Waals surface area contributed by atoms with Gasteiger partial charge < -0.3 is 10.0 Å². The van der Waals surface area contributed by atoms with Gasteiger partial charge in [-0.05, 0) is 43.4 Å². The number of halogens is 1. The van der Waals surface area contributed by atoms with E-state index < -0.39 is 11.9 Å². The zero-order valence-electron chi connectivity index (χ0n) is 12.8. The normalized spacial score (nSPS) is 19.7. The monoisotopic (exact) mass is 307 g/mol. The maximum absolute atomic E-state index is 13.1. The van der Waals surface area contributed by atoms with Crippen LogP contribution >= 0.6 is 0 Å². The Morgan fingerprint density at radius 3 is 2.91 bits per heavy atom. The van der Waals surface area contributed by atoms with Crippen LogP contribution in [-0.4, -0.2) is 35.0 Å². The van der Waals surface area contributed by atoms with E-state index >= 15 is 0 Å². The second kappa shape index (κ2) is 7.38. The van der Waals surface area contributed by atoms with Gasteiger partial charge >= 0.3 is 5.97 Å². The number of nitrogens with zero attached hydrogens (tertiary/aromatic N) is 1. The van der Waals surface area contributed by atoms with E-state index in [1.165, 1.54) is 12.1 Å². The van der Waals surface area contributed by atoms with Crippen LogP contribution in [0, 0.1) is 17.7 Å². The van der Waals surface area contributed by atoms with Crippen molar-refractivity contribution in [3.05, 3.63) is 35.6 Å². The average Bonchev–Trinajstić information content (AvgIpc) is 2.52. The van der Waals surface area contributed by atoms with Gasteiger partial charge in [0.25, 0.3) is 0 Å². The van der Waals surface area contributed by atoms with Gasteiger partial charge in [-0.2, -0.15) is 0 Å². The topological polar surface area (TPSA) is 57.6 Å². The molecule has 1 aliphatic rings. The number of aliphatic carboxylic acids is 1. The molecule has 2 atom stereocenters. The highest BCUT2D eigenvalue weighted by atomic mass is 19.1. The molecule has 0 aliphatic carbocycles. The molecule has 0 spiro atoms. The van der Waals surface area contributed by atoms with Crippen molar-refractivity contribution in [2.45, 2.75) is 32.6 Å². The fourth-order valence-electron chi connectivity index (χ4n) is 2.89. The molecule has 0 radical (unpaired) electrons. The molecule has 0 saturated carbocycles. The molecule has 1 amide bonds. The zero-order valence-corrected chi connectivity index (χ0v) is 12.8. The van der Waals surface area contributed by atoms with Crippen molar-refractivity contribution in [3.8, 4) is 0 Å². The third-order valence-electron chi connectivity index (χ3n) is 4.26. The van der Waals surface area contributed by atoms with Gasteiger partial charge in [0, 0.05) is 19.0 Å². The summed E-state index contributed by atoms with van der Waals surface area (Å²) in [5, 5.41) is 9.08. The number of benzene rings is 1. The van der Waals surface area contributed by atoms with Crippen LogP contribution in [-0.2, 0) is 16.0 Å². The van der Waals surface area contributed by atoms with Crippen molar-refractivity contribution in [2.75, 3.05) is 13.1 Å². The van der Waals surface area contributed by atoms with Crippen molar-refractivity contribution >= 4 is 11.9 Å². The SMILES string of the molecule is C[C@@H](CCc1cccc(F)c1)C(=O)N1CCC[C@@H](C(=O)O)C1. The summed E-state index contributed by atoms with van der Waals surface area (Å²) in [5.41, 5.74) is 0.877. The van der Waals surface area contributed by atoms with E-state index in [4.69, 9.17) is 5.11 Å². The molecule has 1 N–H and O–H groups in total. The van der Waals surface area contributed by atoms with E-state index in [9.17, 15) is 14.0 Å². The summed E-state index contributed by atoms with van der Waals surface area (Å²) < 4.78 is 13.1. The number of carbonyl (C=O) groups is 2. The van der Waals surface area contributed by atoms with Gasteiger partial charge in [0.2, 0.25) is 5.91 Å². The third-order valence-corrected chi connectivity index (χ3v) is 4.26. The minimum Gasteiger partial charge on any atom is -0.481 e. The van der Waals surface area contributed by atoms with Gasteiger partial charge in [0.05, 0.1) is 5.92 Å². The molecule has 2 rings (SSSR count). The Labute approximate surface area is 129 Å². The lowest BCUT2D eigenvalue weighted by molar-refractivity contribution is -0.146. The highest BCUT2D eigenvalue weighted by molar-refractivity contribution is 5.79. The second-order valence-electron chi connectivity index (χ2n) is 6.03. The van der Waals surface area contributed by atoms with Crippen LogP contribution in [0.2, 0.25) is 0 Å². The maximum Gasteiger partial charge on any atom is 0.308 e. The van der Waals surface area contributed by atoms with Crippen LogP contribution in [0.15, 0.2) is 24.3 Å². The summed E-state index contributed by atoms with van der Waals surface area (Å²) in [6, 6.07) is 6.40. The Morgan fingerprint density at radius 2 is 2.23 bits per heavy atom. The Hall–Kier alpha value is -1.91. The van der Waals surface area contributed by atoms with E-state index in [0.29, 0.717) is 32.4 Å². The fourth-order valence-corrected chi connectivity index (χ4v) is 2.89. The number of carboxylic acids is 1. The molecule has 1 heterocycles. The van der Waals surface area contributed by atoms with E-state index in [2.05, 4.69) is 0 Å². The van der Waals surface area contributed by atoms with Crippen molar-refractivity contribution in [1.29, 1.82) is 0 Å². The number of piperidine rings is 1. The van der Waals surface area contributed by atoms with Gasteiger partial charge in [-0.3, -0.25) is 9.59 Å². The third kappa shape index (κ3) is 4.29. The summed E-state index contributed by atoms with van der Waals surface area (Å²) >= 11 is 0. The molecular weight excluding hydrogens is 285 g/mol. The first-order valence-electron chi connectivity index (χ1n) is 7.73. The van der Waals surface area contributed by atoms with Gasteiger partial charge in [-0.25, -0.2) is 4.39 Å². The lowest BCUT2D eigenvalue weighted by Gasteiger charge is -2.32. The van der Waals surface area contributed by atoms with E-state index in [-0.39, 0.29) is 17.6 Å². The lowest BCUT2D eigenvalue weighted by atomic mass is 9.95. The first kappa shape index (κ1) is 16.5. The first-order chi connectivity index (χ1) is 10.5. The molecule has 4 nitrogen and oxygen atoms in total. The highest BCUT2D eigenvalue weighted by Gasteiger charge is 2.29. The second-order valence-corrected chi connectivity index (χ2v) is 6.03.